The van der Waals surface area contributed by atoms with Crippen LogP contribution in [0.3, 0.4) is 0 Å². The van der Waals surface area contributed by atoms with Gasteiger partial charge in [-0.3, -0.25) is 0 Å². The van der Waals surface area contributed by atoms with Gasteiger partial charge >= 0.3 is 0 Å². The monoisotopic (exact) mass is 819 g/mol. The van der Waals surface area contributed by atoms with Crippen LogP contribution in [-0.2, 0) is 10.8 Å². The van der Waals surface area contributed by atoms with Gasteiger partial charge < -0.3 is 9.32 Å². The first-order chi connectivity index (χ1) is 31.5. The number of fused-ring (bicyclic) bond motifs is 9. The molecule has 13 rings (SSSR count). The predicted molar refractivity (Wildman–Crippen MR) is 267 cm³/mol. The highest BCUT2D eigenvalue weighted by molar-refractivity contribution is 6.14. The lowest BCUT2D eigenvalue weighted by molar-refractivity contribution is 0.651. The molecule has 0 radical (unpaired) electrons. The summed E-state index contributed by atoms with van der Waals surface area (Å²) in [6.45, 7) is 4.80. The molecule has 10 aromatic rings. The van der Waals surface area contributed by atoms with Crippen molar-refractivity contribution in [3.8, 4) is 22.3 Å². The first kappa shape index (κ1) is 36.9. The summed E-state index contributed by atoms with van der Waals surface area (Å²) in [4.78, 5) is 2.57. The number of benzene rings is 9. The number of allylic oxidation sites excluding steroid dienone is 4. The van der Waals surface area contributed by atoms with E-state index in [4.69, 9.17) is 4.42 Å². The van der Waals surface area contributed by atoms with Gasteiger partial charge in [-0.05, 0) is 110 Å². The summed E-state index contributed by atoms with van der Waals surface area (Å²) in [7, 11) is 0. The molecule has 0 saturated heterocycles. The lowest BCUT2D eigenvalue weighted by Crippen LogP contribution is -2.28. The maximum atomic E-state index is 6.95. The van der Waals surface area contributed by atoms with Gasteiger partial charge in [0.1, 0.15) is 11.2 Å². The fourth-order valence-electron chi connectivity index (χ4n) is 11.8. The largest absolute Gasteiger partial charge is 0.455 e. The molecule has 0 saturated carbocycles. The zero-order chi connectivity index (χ0) is 42.6. The van der Waals surface area contributed by atoms with E-state index in [0.29, 0.717) is 0 Å². The van der Waals surface area contributed by atoms with Crippen molar-refractivity contribution in [2.75, 3.05) is 4.90 Å². The van der Waals surface area contributed by atoms with Crippen molar-refractivity contribution in [1.29, 1.82) is 0 Å². The molecule has 0 N–H and O–H groups in total. The number of anilines is 3. The van der Waals surface area contributed by atoms with Crippen LogP contribution < -0.4 is 4.90 Å². The molecule has 9 aromatic carbocycles. The highest BCUT2D eigenvalue weighted by Crippen LogP contribution is 2.59. The first-order valence-electron chi connectivity index (χ1n) is 22.6. The minimum absolute atomic E-state index is 0.123. The summed E-state index contributed by atoms with van der Waals surface area (Å²) in [6.07, 6.45) is 6.82. The Bertz CT molecular complexity index is 3550. The molecule has 304 valence electrons. The number of hydrogen-bond acceptors (Lipinski definition) is 2. The average molecular weight is 820 g/mol. The Morgan fingerprint density at radius 2 is 1.11 bits per heavy atom. The van der Waals surface area contributed by atoms with Gasteiger partial charge in [-0.25, -0.2) is 0 Å². The third-order valence-electron chi connectivity index (χ3n) is 14.6. The number of rotatable bonds is 6. The van der Waals surface area contributed by atoms with Gasteiger partial charge in [0.25, 0.3) is 0 Å². The van der Waals surface area contributed by atoms with E-state index in [1.807, 2.05) is 0 Å². The number of furan rings is 1. The molecule has 0 aliphatic heterocycles. The van der Waals surface area contributed by atoms with E-state index in [-0.39, 0.29) is 5.41 Å². The lowest BCUT2D eigenvalue weighted by atomic mass is 9.67. The van der Waals surface area contributed by atoms with Gasteiger partial charge in [0, 0.05) is 38.6 Å². The number of para-hydroxylation sites is 2. The second-order valence-electron chi connectivity index (χ2n) is 18.2. The number of hydrogen-bond donors (Lipinski definition) is 0. The number of nitrogens with zero attached hydrogens (tertiary/aromatic N) is 1. The van der Waals surface area contributed by atoms with E-state index >= 15 is 0 Å². The SMILES string of the molecule is CC1(C)C2=C(CCC=C2)c2c(N(c3ccc4c(c3)C(c3ccccc3)(c3ccccc3)c3ccccc3-4)c3ccccc3-c3cccc4c3oc3cc5ccccc5cc34)cccc21. The zero-order valence-corrected chi connectivity index (χ0v) is 36.0. The molecular weight excluding hydrogens is 775 g/mol. The molecule has 0 unspecified atom stereocenters. The standard InChI is InChI=1S/C62H45NO/c1-61(2)52-30-14-12-27-50(52)59-54(61)32-18-34-57(59)63(56-33-16-13-26-47(56)48-28-17-29-49-51-37-40-19-9-10-20-41(40)38-58(51)64-60(48)49)44-35-36-46-45-25-11-15-31-53(45)62(55(46)39-44,42-21-5-3-6-22-42)43-23-7-4-8-24-43/h3-11,13-26,28-39H,12,27H2,1-2H3. The minimum atomic E-state index is -0.538. The third kappa shape index (κ3) is 5.14. The molecule has 0 amide bonds. The maximum absolute atomic E-state index is 6.95. The van der Waals surface area contributed by atoms with Crippen molar-refractivity contribution < 1.29 is 4.42 Å². The smallest absolute Gasteiger partial charge is 0.143 e. The van der Waals surface area contributed by atoms with Gasteiger partial charge in [-0.2, -0.15) is 0 Å². The highest BCUT2D eigenvalue weighted by atomic mass is 16.3. The van der Waals surface area contributed by atoms with Crippen molar-refractivity contribution >= 4 is 55.3 Å². The van der Waals surface area contributed by atoms with Gasteiger partial charge in [-0.1, -0.05) is 190 Å². The topological polar surface area (TPSA) is 16.4 Å². The molecule has 1 aromatic heterocycles. The Labute approximate surface area is 374 Å². The Kier molecular flexibility index (Phi) is 8.03. The molecule has 2 heteroatoms. The highest BCUT2D eigenvalue weighted by Gasteiger charge is 2.47. The summed E-state index contributed by atoms with van der Waals surface area (Å²) in [5.41, 5.74) is 20.0. The maximum Gasteiger partial charge on any atom is 0.143 e. The molecule has 2 nitrogen and oxygen atoms in total. The molecule has 64 heavy (non-hydrogen) atoms. The van der Waals surface area contributed by atoms with E-state index in [1.165, 1.54) is 72.1 Å². The van der Waals surface area contributed by atoms with E-state index in [1.54, 1.807) is 0 Å². The lowest BCUT2D eigenvalue weighted by Gasteiger charge is -2.35. The normalized spacial score (nSPS) is 15.3. The summed E-state index contributed by atoms with van der Waals surface area (Å²) in [5, 5.41) is 4.64. The van der Waals surface area contributed by atoms with Crippen LogP contribution in [0.5, 0.6) is 0 Å². The second-order valence-corrected chi connectivity index (χ2v) is 18.2. The molecule has 3 aliphatic rings. The first-order valence-corrected chi connectivity index (χ1v) is 22.6. The summed E-state index contributed by atoms with van der Waals surface area (Å²) in [6, 6.07) is 74.2. The van der Waals surface area contributed by atoms with Crippen LogP contribution in [0.1, 0.15) is 60.1 Å². The van der Waals surface area contributed by atoms with E-state index in [9.17, 15) is 0 Å². The van der Waals surface area contributed by atoms with Crippen LogP contribution in [0.4, 0.5) is 17.1 Å². The van der Waals surface area contributed by atoms with Crippen LogP contribution in [0.25, 0.3) is 60.5 Å². The van der Waals surface area contributed by atoms with Crippen molar-refractivity contribution in [3.05, 3.63) is 251 Å². The van der Waals surface area contributed by atoms with Crippen molar-refractivity contribution in [2.45, 2.75) is 37.5 Å². The molecule has 0 fully saturated rings. The van der Waals surface area contributed by atoms with Crippen LogP contribution in [-0.4, -0.2) is 0 Å². The molecule has 0 spiro atoms. The van der Waals surface area contributed by atoms with E-state index < -0.39 is 5.41 Å². The molecule has 1 heterocycles. The fraction of sp³-hybridized carbons (Fsp3) is 0.0968. The Hall–Kier alpha value is -7.68. The minimum Gasteiger partial charge on any atom is -0.455 e. The van der Waals surface area contributed by atoms with Crippen LogP contribution >= 0.6 is 0 Å². The van der Waals surface area contributed by atoms with Gasteiger partial charge in [-0.15, -0.1) is 0 Å². The fourth-order valence-corrected chi connectivity index (χ4v) is 11.8. The quantitative estimate of drug-likeness (QED) is 0.166. The van der Waals surface area contributed by atoms with Gasteiger partial charge in [0.2, 0.25) is 0 Å². The summed E-state index contributed by atoms with van der Waals surface area (Å²) >= 11 is 0. The summed E-state index contributed by atoms with van der Waals surface area (Å²) in [5.74, 6) is 0. The summed E-state index contributed by atoms with van der Waals surface area (Å²) < 4.78 is 6.95. The van der Waals surface area contributed by atoms with Crippen molar-refractivity contribution in [1.82, 2.24) is 0 Å². The van der Waals surface area contributed by atoms with E-state index in [0.717, 1.165) is 57.3 Å². The van der Waals surface area contributed by atoms with E-state index in [2.05, 4.69) is 231 Å². The third-order valence-corrected chi connectivity index (χ3v) is 14.6. The Morgan fingerprint density at radius 3 is 1.91 bits per heavy atom. The van der Waals surface area contributed by atoms with Crippen LogP contribution in [0, 0.1) is 0 Å². The Morgan fingerprint density at radius 1 is 0.484 bits per heavy atom. The van der Waals surface area contributed by atoms with Crippen molar-refractivity contribution in [3.63, 3.8) is 0 Å². The van der Waals surface area contributed by atoms with Gasteiger partial charge in [0.15, 0.2) is 0 Å². The second kappa shape index (κ2) is 13.9. The van der Waals surface area contributed by atoms with Crippen LogP contribution in [0.2, 0.25) is 0 Å². The molecule has 3 aliphatic carbocycles. The van der Waals surface area contributed by atoms with Crippen molar-refractivity contribution in [2.24, 2.45) is 0 Å². The zero-order valence-electron chi connectivity index (χ0n) is 36.0. The molecule has 0 atom stereocenters. The average Bonchev–Trinajstić information content (AvgIpc) is 3.95. The van der Waals surface area contributed by atoms with Crippen LogP contribution in [0.15, 0.2) is 222 Å². The molecule has 0 bridgehead atoms. The Balaban J connectivity index is 1.11. The predicted octanol–water partition coefficient (Wildman–Crippen LogP) is 16.6. The molecular formula is C62H45NO. The van der Waals surface area contributed by atoms with Gasteiger partial charge in [0.05, 0.1) is 16.8 Å².